The number of ether oxygens (including phenoxy) is 1. The van der Waals surface area contributed by atoms with E-state index in [1.165, 1.54) is 45.1 Å². The van der Waals surface area contributed by atoms with Crippen LogP contribution < -0.4 is 5.32 Å². The Morgan fingerprint density at radius 1 is 1.36 bits per heavy atom. The largest absolute Gasteiger partial charge is 0.380 e. The minimum Gasteiger partial charge on any atom is -0.380 e. The van der Waals surface area contributed by atoms with Crippen LogP contribution in [0.5, 0.6) is 0 Å². The number of hydrogen-bond donors (Lipinski definition) is 1. The second kappa shape index (κ2) is 4.63. The fourth-order valence-electron chi connectivity index (χ4n) is 2.84. The molecule has 1 aliphatic carbocycles. The second-order valence-electron chi connectivity index (χ2n) is 5.00. The van der Waals surface area contributed by atoms with Gasteiger partial charge in [0.15, 0.2) is 0 Å². The van der Waals surface area contributed by atoms with E-state index < -0.39 is 0 Å². The molecule has 82 valence electrons. The zero-order chi connectivity index (χ0) is 9.86. The summed E-state index contributed by atoms with van der Waals surface area (Å²) in [5.41, 5.74) is 0.628. The average molecular weight is 197 g/mol. The minimum atomic E-state index is 0.628. The highest BCUT2D eigenvalue weighted by atomic mass is 16.5. The molecule has 0 spiro atoms. The minimum absolute atomic E-state index is 0.628. The lowest BCUT2D eigenvalue weighted by Gasteiger charge is -2.29. The van der Waals surface area contributed by atoms with E-state index in [1.54, 1.807) is 0 Å². The Bertz CT molecular complexity index is 169. The Morgan fingerprint density at radius 3 is 2.71 bits per heavy atom. The van der Waals surface area contributed by atoms with E-state index in [1.807, 2.05) is 0 Å². The van der Waals surface area contributed by atoms with Crippen LogP contribution in [0.2, 0.25) is 0 Å². The fraction of sp³-hybridized carbons (Fsp3) is 1.00. The molecule has 0 aromatic heterocycles. The number of hydrogen-bond acceptors (Lipinski definition) is 2. The Labute approximate surface area is 87.4 Å². The van der Waals surface area contributed by atoms with Crippen molar-refractivity contribution in [2.24, 2.45) is 5.41 Å². The maximum atomic E-state index is 5.38. The quantitative estimate of drug-likeness (QED) is 0.747. The Kier molecular flexibility index (Phi) is 3.45. The van der Waals surface area contributed by atoms with E-state index in [-0.39, 0.29) is 0 Å². The average Bonchev–Trinajstić information content (AvgIpc) is 2.87. The van der Waals surface area contributed by atoms with Crippen molar-refractivity contribution in [3.63, 3.8) is 0 Å². The topological polar surface area (TPSA) is 21.3 Å². The van der Waals surface area contributed by atoms with Crippen LogP contribution in [0.4, 0.5) is 0 Å². The molecule has 1 heterocycles. The van der Waals surface area contributed by atoms with Crippen molar-refractivity contribution in [3.8, 4) is 0 Å². The van der Waals surface area contributed by atoms with Gasteiger partial charge >= 0.3 is 0 Å². The normalized spacial score (nSPS) is 31.1. The molecule has 1 aliphatic heterocycles. The molecule has 2 heteroatoms. The Morgan fingerprint density at radius 2 is 2.14 bits per heavy atom. The van der Waals surface area contributed by atoms with Crippen molar-refractivity contribution in [1.82, 2.24) is 5.32 Å². The molecule has 0 amide bonds. The summed E-state index contributed by atoms with van der Waals surface area (Å²) < 4.78 is 5.38. The Hall–Kier alpha value is -0.0800. The van der Waals surface area contributed by atoms with Crippen LogP contribution in [0.3, 0.4) is 0 Å². The summed E-state index contributed by atoms with van der Waals surface area (Å²) in [7, 11) is 0. The highest BCUT2D eigenvalue weighted by Gasteiger charge is 2.32. The highest BCUT2D eigenvalue weighted by Crippen LogP contribution is 2.40. The van der Waals surface area contributed by atoms with Gasteiger partial charge in [-0.25, -0.2) is 0 Å². The summed E-state index contributed by atoms with van der Waals surface area (Å²) in [6, 6.07) is 0.638. The summed E-state index contributed by atoms with van der Waals surface area (Å²) in [5.74, 6) is 0. The van der Waals surface area contributed by atoms with Crippen LogP contribution in [-0.4, -0.2) is 25.8 Å². The maximum Gasteiger partial charge on any atom is 0.0620 e. The molecule has 0 bridgehead atoms. The predicted molar refractivity (Wildman–Crippen MR) is 58.4 cm³/mol. The van der Waals surface area contributed by atoms with E-state index >= 15 is 0 Å². The van der Waals surface area contributed by atoms with Gasteiger partial charge in [-0.05, 0) is 31.1 Å². The molecular weight excluding hydrogens is 174 g/mol. The van der Waals surface area contributed by atoms with Crippen LogP contribution in [0, 0.1) is 5.41 Å². The van der Waals surface area contributed by atoms with Crippen molar-refractivity contribution >= 4 is 0 Å². The summed E-state index contributed by atoms with van der Waals surface area (Å²) in [4.78, 5) is 0. The van der Waals surface area contributed by atoms with Crippen LogP contribution in [0.15, 0.2) is 0 Å². The monoisotopic (exact) mass is 197 g/mol. The van der Waals surface area contributed by atoms with Crippen LogP contribution in [-0.2, 0) is 4.74 Å². The number of rotatable bonds is 4. The third-order valence-electron chi connectivity index (χ3n) is 4.11. The van der Waals surface area contributed by atoms with Gasteiger partial charge < -0.3 is 10.1 Å². The van der Waals surface area contributed by atoms with Gasteiger partial charge in [0, 0.05) is 19.2 Å². The van der Waals surface area contributed by atoms with E-state index in [0.717, 1.165) is 13.2 Å². The lowest BCUT2D eigenvalue weighted by atomic mass is 9.83. The molecule has 2 fully saturated rings. The molecule has 2 nitrogen and oxygen atoms in total. The lowest BCUT2D eigenvalue weighted by molar-refractivity contribution is 0.184. The molecule has 2 aliphatic rings. The lowest BCUT2D eigenvalue weighted by Crippen LogP contribution is -2.38. The molecule has 2 rings (SSSR count). The molecule has 1 atom stereocenters. The second-order valence-corrected chi connectivity index (χ2v) is 5.00. The van der Waals surface area contributed by atoms with Gasteiger partial charge in [-0.3, -0.25) is 0 Å². The van der Waals surface area contributed by atoms with Crippen molar-refractivity contribution in [2.75, 3.05) is 19.8 Å². The zero-order valence-electron chi connectivity index (χ0n) is 9.35. The van der Waals surface area contributed by atoms with Gasteiger partial charge in [-0.2, -0.15) is 0 Å². The zero-order valence-corrected chi connectivity index (χ0v) is 9.35. The van der Waals surface area contributed by atoms with Gasteiger partial charge in [-0.1, -0.05) is 19.8 Å². The molecule has 1 unspecified atom stereocenters. The van der Waals surface area contributed by atoms with Gasteiger partial charge in [0.1, 0.15) is 0 Å². The fourth-order valence-corrected chi connectivity index (χ4v) is 2.84. The molecule has 0 radical (unpaired) electrons. The predicted octanol–water partition coefficient (Wildman–Crippen LogP) is 2.34. The highest BCUT2D eigenvalue weighted by molar-refractivity contribution is 4.87. The van der Waals surface area contributed by atoms with Crippen LogP contribution in [0.25, 0.3) is 0 Å². The summed E-state index contributed by atoms with van der Waals surface area (Å²) >= 11 is 0. The third kappa shape index (κ3) is 2.29. The molecule has 0 aromatic carbocycles. The van der Waals surface area contributed by atoms with Gasteiger partial charge in [0.25, 0.3) is 0 Å². The van der Waals surface area contributed by atoms with Crippen molar-refractivity contribution in [1.29, 1.82) is 0 Å². The summed E-state index contributed by atoms with van der Waals surface area (Å²) in [5, 5.41) is 3.69. The maximum absolute atomic E-state index is 5.38. The first-order valence-electron chi connectivity index (χ1n) is 6.16. The first-order valence-corrected chi connectivity index (χ1v) is 6.16. The standard InChI is InChI=1S/C12H23NO/c1-2-12(6-3-4-7-12)10-13-11-5-8-14-9-11/h11,13H,2-10H2,1H3. The molecule has 1 saturated heterocycles. The first-order chi connectivity index (χ1) is 6.85. The van der Waals surface area contributed by atoms with Crippen LogP contribution >= 0.6 is 0 Å². The van der Waals surface area contributed by atoms with E-state index in [0.29, 0.717) is 11.5 Å². The van der Waals surface area contributed by atoms with E-state index in [9.17, 15) is 0 Å². The smallest absolute Gasteiger partial charge is 0.0620 e. The summed E-state index contributed by atoms with van der Waals surface area (Å²) in [6.45, 7) is 5.45. The van der Waals surface area contributed by atoms with Gasteiger partial charge in [0.05, 0.1) is 6.61 Å². The van der Waals surface area contributed by atoms with Gasteiger partial charge in [-0.15, -0.1) is 0 Å². The van der Waals surface area contributed by atoms with Gasteiger partial charge in [0.2, 0.25) is 0 Å². The van der Waals surface area contributed by atoms with E-state index in [2.05, 4.69) is 12.2 Å². The van der Waals surface area contributed by atoms with E-state index in [4.69, 9.17) is 4.74 Å². The summed E-state index contributed by atoms with van der Waals surface area (Å²) in [6.07, 6.45) is 8.30. The van der Waals surface area contributed by atoms with Crippen molar-refractivity contribution in [2.45, 2.75) is 51.5 Å². The molecule has 14 heavy (non-hydrogen) atoms. The molecule has 1 N–H and O–H groups in total. The first kappa shape index (κ1) is 10.4. The Balaban J connectivity index is 1.76. The van der Waals surface area contributed by atoms with Crippen molar-refractivity contribution in [3.05, 3.63) is 0 Å². The molecule has 1 saturated carbocycles. The van der Waals surface area contributed by atoms with Crippen molar-refractivity contribution < 1.29 is 4.74 Å². The SMILES string of the molecule is CCC1(CNC2CCOC2)CCCC1. The number of nitrogens with one attached hydrogen (secondary N) is 1. The molecular formula is C12H23NO. The molecule has 0 aromatic rings. The third-order valence-corrected chi connectivity index (χ3v) is 4.11. The van der Waals surface area contributed by atoms with Crippen LogP contribution in [0.1, 0.15) is 45.4 Å².